The maximum Gasteiger partial charge on any atom is 0.248 e. The molecule has 0 spiro atoms. The lowest BCUT2D eigenvalue weighted by Gasteiger charge is -2.41. The van der Waals surface area contributed by atoms with Gasteiger partial charge in [-0.15, -0.1) is 0 Å². The standard InChI is InChI=1S/C15H24N4O2/c1-6-10(2)19-8-7-12(17-19)9-18-11(3)13(20)16-15(4,5)14(18)21/h7-8,10-11H,6,9H2,1-5H3,(H,16,20). The normalized spacial score (nSPS) is 23.1. The van der Waals surface area contributed by atoms with Crippen LogP contribution >= 0.6 is 0 Å². The van der Waals surface area contributed by atoms with Gasteiger partial charge in [0.05, 0.1) is 12.2 Å². The second-order valence-corrected chi connectivity index (χ2v) is 6.27. The fourth-order valence-corrected chi connectivity index (χ4v) is 2.42. The Morgan fingerprint density at radius 1 is 1.43 bits per heavy atom. The zero-order chi connectivity index (χ0) is 15.8. The molecule has 0 aliphatic carbocycles. The number of hydrogen-bond donors (Lipinski definition) is 1. The molecule has 2 atom stereocenters. The van der Waals surface area contributed by atoms with Crippen molar-refractivity contribution in [2.75, 3.05) is 0 Å². The predicted octanol–water partition coefficient (Wildman–Crippen LogP) is 1.48. The van der Waals surface area contributed by atoms with Gasteiger partial charge < -0.3 is 10.2 Å². The molecule has 6 heteroatoms. The Kier molecular flexibility index (Phi) is 4.07. The molecule has 2 amide bonds. The number of carbonyl (C=O) groups excluding carboxylic acids is 2. The molecule has 0 saturated carbocycles. The number of hydrogen-bond acceptors (Lipinski definition) is 3. The Labute approximate surface area is 125 Å². The van der Waals surface area contributed by atoms with Crippen molar-refractivity contribution < 1.29 is 9.59 Å². The van der Waals surface area contributed by atoms with Crippen molar-refractivity contribution in [1.82, 2.24) is 20.0 Å². The average Bonchev–Trinajstić information content (AvgIpc) is 2.89. The van der Waals surface area contributed by atoms with Gasteiger partial charge in [-0.2, -0.15) is 5.10 Å². The van der Waals surface area contributed by atoms with Crippen LogP contribution in [0.15, 0.2) is 12.3 Å². The zero-order valence-corrected chi connectivity index (χ0v) is 13.4. The second kappa shape index (κ2) is 5.50. The first-order chi connectivity index (χ1) is 9.76. The van der Waals surface area contributed by atoms with E-state index in [9.17, 15) is 9.59 Å². The van der Waals surface area contributed by atoms with E-state index in [1.165, 1.54) is 0 Å². The van der Waals surface area contributed by atoms with Gasteiger partial charge in [0.2, 0.25) is 11.8 Å². The van der Waals surface area contributed by atoms with Crippen LogP contribution < -0.4 is 5.32 Å². The third-order valence-electron chi connectivity index (χ3n) is 4.12. The molecule has 1 aromatic rings. The van der Waals surface area contributed by atoms with Crippen LogP contribution in [0.5, 0.6) is 0 Å². The highest BCUT2D eigenvalue weighted by molar-refractivity contribution is 5.99. The maximum absolute atomic E-state index is 12.5. The maximum atomic E-state index is 12.5. The number of nitrogens with one attached hydrogen (secondary N) is 1. The number of nitrogens with zero attached hydrogens (tertiary/aromatic N) is 3. The molecule has 6 nitrogen and oxygen atoms in total. The lowest BCUT2D eigenvalue weighted by atomic mass is 9.97. The fraction of sp³-hybridized carbons (Fsp3) is 0.667. The SMILES string of the molecule is CCC(C)n1ccc(CN2C(=O)C(C)(C)NC(=O)C2C)n1. The van der Waals surface area contributed by atoms with E-state index in [1.54, 1.807) is 25.7 Å². The van der Waals surface area contributed by atoms with Gasteiger partial charge in [0, 0.05) is 12.2 Å². The summed E-state index contributed by atoms with van der Waals surface area (Å²) < 4.78 is 1.90. The van der Waals surface area contributed by atoms with Crippen LogP contribution in [0.2, 0.25) is 0 Å². The van der Waals surface area contributed by atoms with Gasteiger partial charge >= 0.3 is 0 Å². The van der Waals surface area contributed by atoms with Gasteiger partial charge in [-0.1, -0.05) is 6.92 Å². The van der Waals surface area contributed by atoms with Gasteiger partial charge in [0.1, 0.15) is 11.6 Å². The Balaban J connectivity index is 2.18. The fourth-order valence-electron chi connectivity index (χ4n) is 2.42. The van der Waals surface area contributed by atoms with Crippen LogP contribution in [0.25, 0.3) is 0 Å². The van der Waals surface area contributed by atoms with Crippen LogP contribution in [0.1, 0.15) is 52.8 Å². The van der Waals surface area contributed by atoms with Gasteiger partial charge in [-0.05, 0) is 40.2 Å². The summed E-state index contributed by atoms with van der Waals surface area (Å²) in [4.78, 5) is 26.1. The molecule has 2 unspecified atom stereocenters. The summed E-state index contributed by atoms with van der Waals surface area (Å²) in [6.45, 7) is 9.76. The summed E-state index contributed by atoms with van der Waals surface area (Å²) in [7, 11) is 0. The molecule has 116 valence electrons. The molecular weight excluding hydrogens is 268 g/mol. The largest absolute Gasteiger partial charge is 0.340 e. The lowest BCUT2D eigenvalue weighted by Crippen LogP contribution is -2.67. The first kappa shape index (κ1) is 15.5. The Bertz CT molecular complexity index is 550. The summed E-state index contributed by atoms with van der Waals surface area (Å²) in [5, 5.41) is 7.26. The molecule has 1 N–H and O–H groups in total. The molecule has 0 bridgehead atoms. The third kappa shape index (κ3) is 2.94. The smallest absolute Gasteiger partial charge is 0.248 e. The quantitative estimate of drug-likeness (QED) is 0.914. The summed E-state index contributed by atoms with van der Waals surface area (Å²) in [6, 6.07) is 1.76. The van der Waals surface area contributed by atoms with Crippen molar-refractivity contribution in [3.05, 3.63) is 18.0 Å². The number of rotatable bonds is 4. The van der Waals surface area contributed by atoms with Crippen LogP contribution in [-0.2, 0) is 16.1 Å². The molecule has 2 heterocycles. The van der Waals surface area contributed by atoms with Crippen LogP contribution in [-0.4, -0.2) is 38.1 Å². The van der Waals surface area contributed by atoms with E-state index in [4.69, 9.17) is 0 Å². The Hall–Kier alpha value is -1.85. The number of piperazine rings is 1. The second-order valence-electron chi connectivity index (χ2n) is 6.27. The Morgan fingerprint density at radius 2 is 2.10 bits per heavy atom. The summed E-state index contributed by atoms with van der Waals surface area (Å²) >= 11 is 0. The van der Waals surface area contributed by atoms with Gasteiger partial charge in [0.15, 0.2) is 0 Å². The van der Waals surface area contributed by atoms with Crippen molar-refractivity contribution in [3.63, 3.8) is 0 Å². The molecule has 1 aromatic heterocycles. The molecule has 1 saturated heterocycles. The summed E-state index contributed by atoms with van der Waals surface area (Å²) in [5.41, 5.74) is -0.0518. The number of amides is 2. The highest BCUT2D eigenvalue weighted by atomic mass is 16.2. The van der Waals surface area contributed by atoms with Gasteiger partial charge in [0.25, 0.3) is 0 Å². The lowest BCUT2D eigenvalue weighted by molar-refractivity contribution is -0.153. The first-order valence-corrected chi connectivity index (χ1v) is 7.43. The van der Waals surface area contributed by atoms with Crippen molar-refractivity contribution in [3.8, 4) is 0 Å². The molecule has 0 aromatic carbocycles. The minimum atomic E-state index is -0.858. The molecule has 2 rings (SSSR count). The van der Waals surface area contributed by atoms with Gasteiger partial charge in [-0.25, -0.2) is 0 Å². The van der Waals surface area contributed by atoms with E-state index in [-0.39, 0.29) is 11.8 Å². The highest BCUT2D eigenvalue weighted by Crippen LogP contribution is 2.20. The number of carbonyl (C=O) groups is 2. The van der Waals surface area contributed by atoms with Crippen molar-refractivity contribution in [1.29, 1.82) is 0 Å². The van der Waals surface area contributed by atoms with Crippen molar-refractivity contribution in [2.45, 2.75) is 65.2 Å². The van der Waals surface area contributed by atoms with E-state index < -0.39 is 11.6 Å². The molecule has 21 heavy (non-hydrogen) atoms. The molecule has 0 radical (unpaired) electrons. The minimum absolute atomic E-state index is 0.0762. The van der Waals surface area contributed by atoms with E-state index >= 15 is 0 Å². The molecule has 1 aliphatic heterocycles. The van der Waals surface area contributed by atoms with Crippen LogP contribution in [0, 0.1) is 0 Å². The predicted molar refractivity (Wildman–Crippen MR) is 79.5 cm³/mol. The van der Waals surface area contributed by atoms with Crippen LogP contribution in [0.3, 0.4) is 0 Å². The Morgan fingerprint density at radius 3 is 2.71 bits per heavy atom. The van der Waals surface area contributed by atoms with Crippen molar-refractivity contribution >= 4 is 11.8 Å². The monoisotopic (exact) mass is 292 g/mol. The van der Waals surface area contributed by atoms with Crippen molar-refractivity contribution in [2.24, 2.45) is 0 Å². The topological polar surface area (TPSA) is 67.2 Å². The molecule has 1 fully saturated rings. The first-order valence-electron chi connectivity index (χ1n) is 7.43. The molecule has 1 aliphatic rings. The van der Waals surface area contributed by atoms with E-state index in [2.05, 4.69) is 24.3 Å². The highest BCUT2D eigenvalue weighted by Gasteiger charge is 2.43. The number of aromatic nitrogens is 2. The summed E-state index contributed by atoms with van der Waals surface area (Å²) in [5.74, 6) is -0.200. The zero-order valence-electron chi connectivity index (χ0n) is 13.4. The van der Waals surface area contributed by atoms with E-state index in [0.29, 0.717) is 12.6 Å². The van der Waals surface area contributed by atoms with Crippen LogP contribution in [0.4, 0.5) is 0 Å². The van der Waals surface area contributed by atoms with E-state index in [0.717, 1.165) is 12.1 Å². The molecular formula is C15H24N4O2. The minimum Gasteiger partial charge on any atom is -0.340 e. The third-order valence-corrected chi connectivity index (χ3v) is 4.12. The summed E-state index contributed by atoms with van der Waals surface area (Å²) in [6.07, 6.45) is 2.92. The van der Waals surface area contributed by atoms with E-state index in [1.807, 2.05) is 16.9 Å². The average molecular weight is 292 g/mol. The van der Waals surface area contributed by atoms with Gasteiger partial charge in [-0.3, -0.25) is 14.3 Å².